The van der Waals surface area contributed by atoms with E-state index >= 15 is 0 Å². The van der Waals surface area contributed by atoms with E-state index in [-0.39, 0.29) is 51.9 Å². The Balaban J connectivity index is 0.000000187. The van der Waals surface area contributed by atoms with Gasteiger partial charge in [0.25, 0.3) is 11.4 Å². The fraction of sp³-hybridized carbons (Fsp3) is 0.161. The number of nitrogens with zero attached hydrogens (tertiary/aromatic N) is 6. The molecule has 8 aromatic rings. The van der Waals surface area contributed by atoms with Gasteiger partial charge in [0.2, 0.25) is 23.6 Å². The van der Waals surface area contributed by atoms with E-state index in [1.807, 2.05) is 140 Å². The van der Waals surface area contributed by atoms with Crippen LogP contribution in [0.1, 0.15) is 76.1 Å². The zero-order chi connectivity index (χ0) is 57.8. The molecule has 426 valence electrons. The Hall–Kier alpha value is -8.86. The molecule has 0 aromatic heterocycles. The van der Waals surface area contributed by atoms with Crippen molar-refractivity contribution in [2.24, 2.45) is 20.0 Å². The van der Waals surface area contributed by atoms with Crippen LogP contribution >= 0.6 is 47.3 Å². The SMILES string of the molecule is BrB(Br)Br.C.COc1ccc(Nc2ccc([N+](=O)[O-])cc2C2=N[C@H](c3ccccc3)CO2)c(C2=N[C@H](c3ccccc3)CO2)c1.O=[N+]([O-])c1ccc(Nc2ccc(O)cc2C2=N[C@H](c3ccccc3)CO2)c(C2=N[C@H](c3ccccc3)CO2)c1. The number of hydrogen-bond acceptors (Lipinski definition) is 16. The van der Waals surface area contributed by atoms with Gasteiger partial charge in [-0.15, -0.1) is 47.3 Å². The zero-order valence-corrected chi connectivity index (χ0v) is 48.9. The molecule has 8 aromatic carbocycles. The molecular weight excluding hydrogens is 1270 g/mol. The summed E-state index contributed by atoms with van der Waals surface area (Å²) in [5.74, 6) is 2.24. The first kappa shape index (κ1) is 59.8. The molecular formula is C62H54BBr3N8O10. The summed E-state index contributed by atoms with van der Waals surface area (Å²) in [7, 11) is 1.60. The normalized spacial score (nSPS) is 17.2. The van der Waals surface area contributed by atoms with E-state index in [4.69, 9.17) is 43.7 Å². The molecule has 0 spiro atoms. The number of halogens is 3. The van der Waals surface area contributed by atoms with Crippen LogP contribution in [0.3, 0.4) is 0 Å². The van der Waals surface area contributed by atoms with Crippen LogP contribution < -0.4 is 15.4 Å². The Morgan fingerprint density at radius 2 is 0.750 bits per heavy atom. The first-order chi connectivity index (χ1) is 40.4. The minimum absolute atomic E-state index is 0. The Kier molecular flexibility index (Phi) is 19.9. The predicted molar refractivity (Wildman–Crippen MR) is 340 cm³/mol. The monoisotopic (exact) mass is 1320 g/mol. The third kappa shape index (κ3) is 14.7. The maximum atomic E-state index is 11.6. The number of phenols is 1. The molecule has 3 N–H and O–H groups in total. The summed E-state index contributed by atoms with van der Waals surface area (Å²) in [6.45, 7) is 1.48. The van der Waals surface area contributed by atoms with Gasteiger partial charge < -0.3 is 39.4 Å². The molecule has 0 saturated heterocycles. The third-order valence-corrected chi connectivity index (χ3v) is 13.5. The van der Waals surface area contributed by atoms with Crippen LogP contribution in [0.2, 0.25) is 0 Å². The molecule has 4 aliphatic rings. The first-order valence-electron chi connectivity index (χ1n) is 25.9. The third-order valence-electron chi connectivity index (χ3n) is 13.5. The fourth-order valence-electron chi connectivity index (χ4n) is 9.38. The quantitative estimate of drug-likeness (QED) is 0.0377. The second kappa shape index (κ2) is 27.9. The number of nitrogens with one attached hydrogen (secondary N) is 2. The predicted octanol–water partition coefficient (Wildman–Crippen LogP) is 15.3. The number of methoxy groups -OCH3 is 1. The maximum absolute atomic E-state index is 11.6. The largest absolute Gasteiger partial charge is 0.508 e. The molecule has 4 atom stereocenters. The van der Waals surface area contributed by atoms with Gasteiger partial charge in [-0.25, -0.2) is 20.0 Å². The summed E-state index contributed by atoms with van der Waals surface area (Å²) < 4.78 is 29.6. The first-order valence-corrected chi connectivity index (χ1v) is 28.7. The van der Waals surface area contributed by atoms with Crippen LogP contribution in [0.15, 0.2) is 214 Å². The van der Waals surface area contributed by atoms with Crippen LogP contribution in [-0.4, -0.2) is 75.3 Å². The van der Waals surface area contributed by atoms with Crippen molar-refractivity contribution < 1.29 is 38.6 Å². The standard InChI is InChI=1S/C31H26N4O5.C30H24N4O5.CH4.BBr3/c1-38-23-13-15-27(25(17-23)31-34-29(19-40-31)21-10-6-3-7-11-21)32-26-14-12-22(35(36)37)16-24(26)30-33-28(18-39-30)20-8-4-2-5-9-20;35-22-12-14-26(24(16-22)30-33-28(18-39-30)20-9-5-2-6-10-20)31-25-13-11-21(34(36)37)15-23(25)29-32-27(17-38-29)19-7-3-1-4-8-19;;2-1(3)4/h2-17,28-29,32H,18-19H2,1H3;1-16,27-28,31,35H,17-18H2;1H4;/t28-,29-;27-,28-;;/m00../s1. The van der Waals surface area contributed by atoms with Crippen LogP contribution in [0, 0.1) is 20.2 Å². The number of hydrogen-bond donors (Lipinski definition) is 3. The van der Waals surface area contributed by atoms with Gasteiger partial charge in [-0.1, -0.05) is 129 Å². The maximum Gasteiger partial charge on any atom is 0.369 e. The van der Waals surface area contributed by atoms with Crippen molar-refractivity contribution in [3.8, 4) is 11.5 Å². The Morgan fingerprint density at radius 1 is 0.464 bits per heavy atom. The highest BCUT2D eigenvalue weighted by atomic mass is 79.9. The van der Waals surface area contributed by atoms with Gasteiger partial charge in [0.15, 0.2) is 0 Å². The van der Waals surface area contributed by atoms with E-state index in [9.17, 15) is 25.3 Å². The zero-order valence-electron chi connectivity index (χ0n) is 44.1. The molecule has 22 heteroatoms. The van der Waals surface area contributed by atoms with E-state index in [1.54, 1.807) is 37.4 Å². The van der Waals surface area contributed by atoms with Crippen molar-refractivity contribution in [2.45, 2.75) is 31.6 Å². The van der Waals surface area contributed by atoms with E-state index in [2.05, 4.69) is 57.9 Å². The second-order valence-electron chi connectivity index (χ2n) is 18.8. The molecule has 0 unspecified atom stereocenters. The van der Waals surface area contributed by atoms with E-state index < -0.39 is 9.85 Å². The number of non-ortho nitro benzene ring substituents is 2. The molecule has 0 fully saturated rings. The number of nitro groups is 2. The average Bonchev–Trinajstić information content (AvgIpc) is 4.58. The highest BCUT2D eigenvalue weighted by Crippen LogP contribution is 2.38. The van der Waals surface area contributed by atoms with Gasteiger partial charge in [-0.2, -0.15) is 0 Å². The van der Waals surface area contributed by atoms with E-state index in [0.717, 1.165) is 22.3 Å². The summed E-state index contributed by atoms with van der Waals surface area (Å²) >= 11 is 9.31. The fourth-order valence-corrected chi connectivity index (χ4v) is 9.38. The molecule has 0 aliphatic carbocycles. The van der Waals surface area contributed by atoms with Crippen molar-refractivity contribution in [1.82, 2.24) is 0 Å². The van der Waals surface area contributed by atoms with Gasteiger partial charge >= 0.3 is 3.18 Å². The lowest BCUT2D eigenvalue weighted by Crippen LogP contribution is -2.10. The lowest BCUT2D eigenvalue weighted by Gasteiger charge is -2.16. The van der Waals surface area contributed by atoms with Gasteiger partial charge in [0, 0.05) is 24.3 Å². The van der Waals surface area contributed by atoms with Crippen LogP contribution in [0.4, 0.5) is 34.1 Å². The Labute approximate surface area is 509 Å². The average molecular weight is 1320 g/mol. The van der Waals surface area contributed by atoms with Gasteiger partial charge in [-0.05, 0) is 70.8 Å². The number of anilines is 4. The molecule has 4 aliphatic heterocycles. The van der Waals surface area contributed by atoms with Crippen LogP contribution in [0.5, 0.6) is 11.5 Å². The summed E-state index contributed by atoms with van der Waals surface area (Å²) in [5.41, 5.74) is 8.65. The topological polar surface area (TPSA) is 226 Å². The number of nitro benzene ring substituents is 2. The number of rotatable bonds is 15. The molecule has 0 radical (unpaired) electrons. The lowest BCUT2D eigenvalue weighted by atomic mass is 10.1. The highest BCUT2D eigenvalue weighted by molar-refractivity contribution is 9.69. The number of ether oxygens (including phenoxy) is 5. The molecule has 0 saturated carbocycles. The molecule has 12 rings (SSSR count). The lowest BCUT2D eigenvalue weighted by molar-refractivity contribution is -0.385. The van der Waals surface area contributed by atoms with Crippen LogP contribution in [-0.2, 0) is 18.9 Å². The summed E-state index contributed by atoms with van der Waals surface area (Å²) in [6.07, 6.45) is 0. The second-order valence-corrected chi connectivity index (χ2v) is 25.2. The van der Waals surface area contributed by atoms with Crippen molar-refractivity contribution in [3.05, 3.63) is 259 Å². The van der Waals surface area contributed by atoms with E-state index in [1.165, 1.54) is 24.3 Å². The number of aliphatic imine (C=N–C) groups is 4. The number of phenolic OH excluding ortho intramolecular Hbond substituents is 1. The van der Waals surface area contributed by atoms with Gasteiger partial charge in [-0.3, -0.25) is 20.2 Å². The summed E-state index contributed by atoms with van der Waals surface area (Å²) in [6, 6.07) is 58.2. The highest BCUT2D eigenvalue weighted by Gasteiger charge is 2.30. The van der Waals surface area contributed by atoms with Crippen molar-refractivity contribution in [2.75, 3.05) is 44.2 Å². The Morgan fingerprint density at radius 3 is 1.06 bits per heavy atom. The molecule has 0 bridgehead atoms. The van der Waals surface area contributed by atoms with Crippen molar-refractivity contribution >= 4 is 108 Å². The molecule has 84 heavy (non-hydrogen) atoms. The van der Waals surface area contributed by atoms with Gasteiger partial charge in [0.05, 0.1) is 62.0 Å². The summed E-state index contributed by atoms with van der Waals surface area (Å²) in [4.78, 5) is 41.4. The van der Waals surface area contributed by atoms with Crippen molar-refractivity contribution in [3.63, 3.8) is 0 Å². The molecule has 0 amide bonds. The van der Waals surface area contributed by atoms with Crippen LogP contribution in [0.25, 0.3) is 0 Å². The minimum Gasteiger partial charge on any atom is -0.508 e. The van der Waals surface area contributed by atoms with Crippen molar-refractivity contribution in [1.29, 1.82) is 0 Å². The molecule has 4 heterocycles. The Bertz CT molecular complexity index is 3750. The minimum atomic E-state index is -0.450. The number of aromatic hydroxyl groups is 1. The number of benzene rings is 8. The van der Waals surface area contributed by atoms with Gasteiger partial charge in [0.1, 0.15) is 62.1 Å². The smallest absolute Gasteiger partial charge is 0.369 e. The summed E-state index contributed by atoms with van der Waals surface area (Å²) in [5, 5.41) is 40.2. The molecule has 18 nitrogen and oxygen atoms in total. The van der Waals surface area contributed by atoms with E-state index in [0.29, 0.717) is 101 Å².